The highest BCUT2D eigenvalue weighted by Crippen LogP contribution is 2.32. The third kappa shape index (κ3) is 4.12. The van der Waals surface area contributed by atoms with Gasteiger partial charge >= 0.3 is 0 Å². The highest BCUT2D eigenvalue weighted by atomic mass is 32.2. The summed E-state index contributed by atoms with van der Waals surface area (Å²) >= 11 is 0. The van der Waals surface area contributed by atoms with Crippen molar-refractivity contribution in [2.45, 2.75) is 13.0 Å². The molecule has 1 heterocycles. The number of ether oxygens (including phenoxy) is 1. The molecule has 0 fully saturated rings. The van der Waals surface area contributed by atoms with Gasteiger partial charge in [0.25, 0.3) is 11.8 Å². The maximum Gasteiger partial charge on any atom is 0.265 e. The smallest absolute Gasteiger partial charge is 0.265 e. The molecule has 2 aromatic rings. The molecule has 3 N–H and O–H groups in total. The van der Waals surface area contributed by atoms with Gasteiger partial charge in [0.1, 0.15) is 5.75 Å². The van der Waals surface area contributed by atoms with Gasteiger partial charge in [-0.2, -0.15) is 0 Å². The lowest BCUT2D eigenvalue weighted by Crippen LogP contribution is -2.34. The molecule has 0 aliphatic carbocycles. The van der Waals surface area contributed by atoms with E-state index in [9.17, 15) is 18.0 Å². The van der Waals surface area contributed by atoms with E-state index in [1.807, 2.05) is 0 Å². The van der Waals surface area contributed by atoms with Crippen LogP contribution in [-0.2, 0) is 14.8 Å². The minimum atomic E-state index is -3.43. The van der Waals surface area contributed by atoms with E-state index < -0.39 is 22.0 Å². The lowest BCUT2D eigenvalue weighted by Gasteiger charge is -2.23. The Bertz CT molecular complexity index is 988. The van der Waals surface area contributed by atoms with Crippen LogP contribution in [0.1, 0.15) is 17.3 Å². The first kappa shape index (κ1) is 17.7. The van der Waals surface area contributed by atoms with Crippen molar-refractivity contribution >= 4 is 38.9 Å². The number of amides is 2. The molecule has 136 valence electrons. The van der Waals surface area contributed by atoms with Gasteiger partial charge in [-0.15, -0.1) is 0 Å². The average Bonchev–Trinajstić information content (AvgIpc) is 2.55. The Morgan fingerprint density at radius 3 is 2.65 bits per heavy atom. The second-order valence-corrected chi connectivity index (χ2v) is 7.62. The van der Waals surface area contributed by atoms with Gasteiger partial charge in [0.05, 0.1) is 11.9 Å². The van der Waals surface area contributed by atoms with Crippen LogP contribution in [0.2, 0.25) is 0 Å². The Balaban J connectivity index is 1.77. The summed E-state index contributed by atoms with van der Waals surface area (Å²) in [6.45, 7) is 1.64. The van der Waals surface area contributed by atoms with E-state index >= 15 is 0 Å². The van der Waals surface area contributed by atoms with Crippen LogP contribution in [0.15, 0.2) is 42.5 Å². The molecule has 0 radical (unpaired) electrons. The molecule has 0 spiro atoms. The molecule has 1 aliphatic heterocycles. The number of benzene rings is 2. The number of carbonyl (C=O) groups is 2. The molecular weight excluding hydrogens is 358 g/mol. The van der Waals surface area contributed by atoms with Crippen LogP contribution in [-0.4, -0.2) is 32.6 Å². The number of nitrogens with one attached hydrogen (secondary N) is 3. The van der Waals surface area contributed by atoms with E-state index in [4.69, 9.17) is 4.74 Å². The zero-order valence-electron chi connectivity index (χ0n) is 14.1. The highest BCUT2D eigenvalue weighted by molar-refractivity contribution is 7.92. The summed E-state index contributed by atoms with van der Waals surface area (Å²) in [5.74, 6) is -0.159. The van der Waals surface area contributed by atoms with E-state index in [2.05, 4.69) is 15.4 Å². The van der Waals surface area contributed by atoms with Crippen LogP contribution in [0.3, 0.4) is 0 Å². The van der Waals surface area contributed by atoms with Gasteiger partial charge in [-0.1, -0.05) is 6.07 Å². The molecule has 0 saturated heterocycles. The number of hydrogen-bond acceptors (Lipinski definition) is 5. The minimum Gasteiger partial charge on any atom is -0.479 e. The van der Waals surface area contributed by atoms with Crippen LogP contribution in [0.4, 0.5) is 17.1 Å². The molecule has 8 nitrogen and oxygen atoms in total. The fraction of sp³-hybridized carbons (Fsp3) is 0.176. The van der Waals surface area contributed by atoms with Crippen molar-refractivity contribution in [2.24, 2.45) is 0 Å². The van der Waals surface area contributed by atoms with Crippen LogP contribution in [0, 0.1) is 0 Å². The van der Waals surface area contributed by atoms with Gasteiger partial charge < -0.3 is 15.4 Å². The second-order valence-electron chi connectivity index (χ2n) is 5.87. The predicted molar refractivity (Wildman–Crippen MR) is 98.0 cm³/mol. The summed E-state index contributed by atoms with van der Waals surface area (Å²) in [4.78, 5) is 24.1. The summed E-state index contributed by atoms with van der Waals surface area (Å²) < 4.78 is 30.4. The van der Waals surface area contributed by atoms with Gasteiger partial charge in [-0.25, -0.2) is 8.42 Å². The van der Waals surface area contributed by atoms with E-state index in [0.717, 1.165) is 6.26 Å². The minimum absolute atomic E-state index is 0.263. The van der Waals surface area contributed by atoms with Crippen LogP contribution in [0.5, 0.6) is 5.75 Å². The van der Waals surface area contributed by atoms with Gasteiger partial charge in [0.15, 0.2) is 6.10 Å². The normalized spacial score (nSPS) is 16.1. The first-order valence-electron chi connectivity index (χ1n) is 7.72. The predicted octanol–water partition coefficient (Wildman–Crippen LogP) is 2.03. The largest absolute Gasteiger partial charge is 0.479 e. The molecule has 0 saturated carbocycles. The fourth-order valence-electron chi connectivity index (χ4n) is 2.43. The number of carbonyl (C=O) groups excluding carboxylic acids is 2. The molecule has 9 heteroatoms. The number of anilines is 3. The number of fused-ring (bicyclic) bond motifs is 1. The lowest BCUT2D eigenvalue weighted by molar-refractivity contribution is -0.122. The standard InChI is InChI=1S/C17H17N3O5S/c1-10-16(21)19-14-9-12(6-7-15(14)25-10)18-17(22)11-4-3-5-13(8-11)20-26(2,23)24/h3-10,20H,1-2H3,(H,18,22)(H,19,21). The van der Waals surface area contributed by atoms with Crippen LogP contribution in [0.25, 0.3) is 0 Å². The quantitative estimate of drug-likeness (QED) is 0.757. The first-order chi connectivity index (χ1) is 12.2. The molecule has 1 atom stereocenters. The van der Waals surface area contributed by atoms with Gasteiger partial charge in [-0.3, -0.25) is 14.3 Å². The maximum atomic E-state index is 12.4. The van der Waals surface area contributed by atoms with Crippen molar-refractivity contribution in [1.29, 1.82) is 0 Å². The molecule has 0 aromatic heterocycles. The van der Waals surface area contributed by atoms with E-state index in [0.29, 0.717) is 22.8 Å². The summed E-state index contributed by atoms with van der Waals surface area (Å²) in [5, 5.41) is 5.41. The third-order valence-corrected chi connectivity index (χ3v) is 4.20. The molecule has 1 unspecified atom stereocenters. The van der Waals surface area contributed by atoms with Crippen molar-refractivity contribution in [3.8, 4) is 5.75 Å². The zero-order valence-corrected chi connectivity index (χ0v) is 14.9. The molecule has 1 aliphatic rings. The van der Waals surface area contributed by atoms with Crippen molar-refractivity contribution in [2.75, 3.05) is 21.6 Å². The molecule has 26 heavy (non-hydrogen) atoms. The molecule has 2 amide bonds. The van der Waals surface area contributed by atoms with Crippen molar-refractivity contribution in [3.05, 3.63) is 48.0 Å². The Labute approximate surface area is 150 Å². The van der Waals surface area contributed by atoms with Crippen molar-refractivity contribution in [3.63, 3.8) is 0 Å². The topological polar surface area (TPSA) is 114 Å². The number of rotatable bonds is 4. The molecular formula is C17H17N3O5S. The number of sulfonamides is 1. The summed E-state index contributed by atoms with van der Waals surface area (Å²) in [5.41, 5.74) is 1.51. The van der Waals surface area contributed by atoms with Crippen LogP contribution >= 0.6 is 0 Å². The van der Waals surface area contributed by atoms with Crippen LogP contribution < -0.4 is 20.1 Å². The highest BCUT2D eigenvalue weighted by Gasteiger charge is 2.23. The maximum absolute atomic E-state index is 12.4. The Kier molecular flexibility index (Phi) is 4.56. The first-order valence-corrected chi connectivity index (χ1v) is 9.61. The molecule has 0 bridgehead atoms. The number of hydrogen-bond donors (Lipinski definition) is 3. The molecule has 3 rings (SSSR count). The third-order valence-electron chi connectivity index (χ3n) is 3.60. The summed E-state index contributed by atoms with van der Waals surface area (Å²) in [7, 11) is -3.43. The Hall–Kier alpha value is -3.07. The van der Waals surface area contributed by atoms with E-state index in [1.165, 1.54) is 6.07 Å². The van der Waals surface area contributed by atoms with E-state index in [-0.39, 0.29) is 11.5 Å². The SMILES string of the molecule is CC1Oc2ccc(NC(=O)c3cccc(NS(C)(=O)=O)c3)cc2NC1=O. The second kappa shape index (κ2) is 6.68. The Morgan fingerprint density at radius 2 is 1.92 bits per heavy atom. The van der Waals surface area contributed by atoms with Gasteiger partial charge in [-0.05, 0) is 43.3 Å². The van der Waals surface area contributed by atoms with E-state index in [1.54, 1.807) is 43.3 Å². The van der Waals surface area contributed by atoms with Crippen molar-refractivity contribution in [1.82, 2.24) is 0 Å². The lowest BCUT2D eigenvalue weighted by atomic mass is 10.1. The van der Waals surface area contributed by atoms with Crippen molar-refractivity contribution < 1.29 is 22.7 Å². The van der Waals surface area contributed by atoms with Gasteiger partial charge in [0.2, 0.25) is 10.0 Å². The monoisotopic (exact) mass is 375 g/mol. The average molecular weight is 375 g/mol. The summed E-state index contributed by atoms with van der Waals surface area (Å²) in [6.07, 6.45) is 0.456. The van der Waals surface area contributed by atoms with Gasteiger partial charge in [0, 0.05) is 16.9 Å². The Morgan fingerprint density at radius 1 is 1.15 bits per heavy atom. The molecule has 2 aromatic carbocycles. The zero-order chi connectivity index (χ0) is 18.9. The fourth-order valence-corrected chi connectivity index (χ4v) is 2.98. The summed E-state index contributed by atoms with van der Waals surface area (Å²) in [6, 6.07) is 11.0.